The number of benzene rings is 1. The third-order valence-electron chi connectivity index (χ3n) is 4.30. The molecule has 1 N–H and O–H groups in total. The summed E-state index contributed by atoms with van der Waals surface area (Å²) in [6.07, 6.45) is 4.26. The van der Waals surface area contributed by atoms with Crippen LogP contribution in [0.4, 0.5) is 11.4 Å². The SMILES string of the molecule is Cc1cccc(NC(=O)c2ccc(N3CCCC3)cn2)c1C. The van der Waals surface area contributed by atoms with E-state index in [2.05, 4.69) is 15.2 Å². The highest BCUT2D eigenvalue weighted by atomic mass is 16.1. The molecule has 1 saturated heterocycles. The van der Waals surface area contributed by atoms with Crippen molar-refractivity contribution in [3.63, 3.8) is 0 Å². The van der Waals surface area contributed by atoms with Crippen LogP contribution in [-0.4, -0.2) is 24.0 Å². The molecule has 3 rings (SSSR count). The van der Waals surface area contributed by atoms with Crippen molar-refractivity contribution in [3.05, 3.63) is 53.3 Å². The predicted octanol–water partition coefficient (Wildman–Crippen LogP) is 3.55. The van der Waals surface area contributed by atoms with Crippen molar-refractivity contribution in [2.75, 3.05) is 23.3 Å². The number of carbonyl (C=O) groups excluding carboxylic acids is 1. The van der Waals surface area contributed by atoms with Gasteiger partial charge in [-0.3, -0.25) is 4.79 Å². The van der Waals surface area contributed by atoms with Crippen LogP contribution < -0.4 is 10.2 Å². The minimum atomic E-state index is -0.165. The number of aromatic nitrogens is 1. The predicted molar refractivity (Wildman–Crippen MR) is 89.6 cm³/mol. The van der Waals surface area contributed by atoms with Crippen LogP contribution in [0.3, 0.4) is 0 Å². The molecular weight excluding hydrogens is 274 g/mol. The zero-order valence-corrected chi connectivity index (χ0v) is 13.1. The van der Waals surface area contributed by atoms with Gasteiger partial charge in [-0.05, 0) is 56.0 Å². The fourth-order valence-corrected chi connectivity index (χ4v) is 2.76. The lowest BCUT2D eigenvalue weighted by Gasteiger charge is -2.17. The minimum Gasteiger partial charge on any atom is -0.370 e. The molecule has 2 heterocycles. The summed E-state index contributed by atoms with van der Waals surface area (Å²) in [4.78, 5) is 18.9. The van der Waals surface area contributed by atoms with Crippen LogP contribution in [-0.2, 0) is 0 Å². The van der Waals surface area contributed by atoms with Gasteiger partial charge in [0.25, 0.3) is 5.91 Å². The monoisotopic (exact) mass is 295 g/mol. The van der Waals surface area contributed by atoms with Gasteiger partial charge < -0.3 is 10.2 Å². The molecule has 0 radical (unpaired) electrons. The lowest BCUT2D eigenvalue weighted by molar-refractivity contribution is 0.102. The Kier molecular flexibility index (Phi) is 4.09. The summed E-state index contributed by atoms with van der Waals surface area (Å²) in [5.41, 5.74) is 4.64. The van der Waals surface area contributed by atoms with Gasteiger partial charge in [0.1, 0.15) is 5.69 Å². The van der Waals surface area contributed by atoms with Crippen LogP contribution in [0.1, 0.15) is 34.5 Å². The number of nitrogens with zero attached hydrogens (tertiary/aromatic N) is 2. The molecule has 1 amide bonds. The molecule has 0 unspecified atom stereocenters. The van der Waals surface area contributed by atoms with Crippen molar-refractivity contribution >= 4 is 17.3 Å². The Bertz CT molecular complexity index is 673. The highest BCUT2D eigenvalue weighted by Crippen LogP contribution is 2.21. The lowest BCUT2D eigenvalue weighted by Crippen LogP contribution is -2.19. The third-order valence-corrected chi connectivity index (χ3v) is 4.30. The summed E-state index contributed by atoms with van der Waals surface area (Å²) in [5.74, 6) is -0.165. The van der Waals surface area contributed by atoms with Crippen LogP contribution in [0.2, 0.25) is 0 Å². The van der Waals surface area contributed by atoms with Crippen LogP contribution in [0.15, 0.2) is 36.5 Å². The first-order valence-electron chi connectivity index (χ1n) is 7.74. The Labute approximate surface area is 131 Å². The molecule has 0 spiro atoms. The molecule has 4 nitrogen and oxygen atoms in total. The molecule has 0 aliphatic carbocycles. The molecule has 0 atom stereocenters. The van der Waals surface area contributed by atoms with Crippen LogP contribution in [0, 0.1) is 13.8 Å². The summed E-state index contributed by atoms with van der Waals surface area (Å²) in [6, 6.07) is 9.68. The van der Waals surface area contributed by atoms with E-state index < -0.39 is 0 Å². The van der Waals surface area contributed by atoms with E-state index in [1.54, 1.807) is 12.3 Å². The molecule has 0 bridgehead atoms. The number of rotatable bonds is 3. The fraction of sp³-hybridized carbons (Fsp3) is 0.333. The minimum absolute atomic E-state index is 0.165. The summed E-state index contributed by atoms with van der Waals surface area (Å²) in [6.45, 7) is 6.20. The van der Waals surface area contributed by atoms with Crippen molar-refractivity contribution in [2.24, 2.45) is 0 Å². The van der Waals surface area contributed by atoms with E-state index in [9.17, 15) is 4.79 Å². The topological polar surface area (TPSA) is 45.2 Å². The van der Waals surface area contributed by atoms with E-state index in [0.717, 1.165) is 35.6 Å². The molecule has 0 saturated carbocycles. The highest BCUT2D eigenvalue weighted by molar-refractivity contribution is 6.03. The number of carbonyl (C=O) groups is 1. The van der Waals surface area contributed by atoms with E-state index in [4.69, 9.17) is 0 Å². The molecule has 2 aromatic rings. The molecule has 114 valence electrons. The molecule has 1 aromatic heterocycles. The third kappa shape index (κ3) is 2.96. The average Bonchev–Trinajstić information content (AvgIpc) is 3.06. The zero-order chi connectivity index (χ0) is 15.5. The molecule has 1 aromatic carbocycles. The van der Waals surface area contributed by atoms with E-state index in [1.165, 1.54) is 12.8 Å². The number of anilines is 2. The molecule has 4 heteroatoms. The second-order valence-electron chi connectivity index (χ2n) is 5.80. The Balaban J connectivity index is 1.73. The summed E-state index contributed by atoms with van der Waals surface area (Å²) < 4.78 is 0. The van der Waals surface area contributed by atoms with E-state index in [-0.39, 0.29) is 5.91 Å². The lowest BCUT2D eigenvalue weighted by atomic mass is 10.1. The molecule has 1 fully saturated rings. The van der Waals surface area contributed by atoms with Crippen molar-refractivity contribution < 1.29 is 4.79 Å². The molecule has 1 aliphatic heterocycles. The number of hydrogen-bond donors (Lipinski definition) is 1. The van der Waals surface area contributed by atoms with Crippen molar-refractivity contribution in [1.29, 1.82) is 0 Å². The molecular formula is C18H21N3O. The van der Waals surface area contributed by atoms with Crippen molar-refractivity contribution in [3.8, 4) is 0 Å². The highest BCUT2D eigenvalue weighted by Gasteiger charge is 2.14. The van der Waals surface area contributed by atoms with Gasteiger partial charge in [0.05, 0.1) is 11.9 Å². The van der Waals surface area contributed by atoms with Crippen molar-refractivity contribution in [2.45, 2.75) is 26.7 Å². The molecule has 1 aliphatic rings. The fourth-order valence-electron chi connectivity index (χ4n) is 2.76. The van der Waals surface area contributed by atoms with Gasteiger partial charge in [0.15, 0.2) is 0 Å². The maximum Gasteiger partial charge on any atom is 0.274 e. The summed E-state index contributed by atoms with van der Waals surface area (Å²) in [5, 5.41) is 2.94. The van der Waals surface area contributed by atoms with E-state index >= 15 is 0 Å². The summed E-state index contributed by atoms with van der Waals surface area (Å²) in [7, 11) is 0. The smallest absolute Gasteiger partial charge is 0.274 e. The van der Waals surface area contributed by atoms with Gasteiger partial charge in [0, 0.05) is 18.8 Å². The van der Waals surface area contributed by atoms with E-state index in [0.29, 0.717) is 5.69 Å². The number of pyridine rings is 1. The maximum absolute atomic E-state index is 12.3. The number of nitrogens with one attached hydrogen (secondary N) is 1. The number of amides is 1. The Hall–Kier alpha value is -2.36. The second-order valence-corrected chi connectivity index (χ2v) is 5.80. The van der Waals surface area contributed by atoms with Crippen LogP contribution >= 0.6 is 0 Å². The molecule has 22 heavy (non-hydrogen) atoms. The number of hydrogen-bond acceptors (Lipinski definition) is 3. The van der Waals surface area contributed by atoms with Crippen LogP contribution in [0.25, 0.3) is 0 Å². The first-order valence-corrected chi connectivity index (χ1v) is 7.74. The Morgan fingerprint density at radius 1 is 1.14 bits per heavy atom. The second kappa shape index (κ2) is 6.18. The normalized spacial score (nSPS) is 14.2. The van der Waals surface area contributed by atoms with E-state index in [1.807, 2.05) is 38.1 Å². The first kappa shape index (κ1) is 14.6. The Morgan fingerprint density at radius 3 is 2.59 bits per heavy atom. The van der Waals surface area contributed by atoms with Gasteiger partial charge in [-0.2, -0.15) is 0 Å². The quantitative estimate of drug-likeness (QED) is 0.942. The maximum atomic E-state index is 12.3. The summed E-state index contributed by atoms with van der Waals surface area (Å²) >= 11 is 0. The number of aryl methyl sites for hydroxylation is 1. The first-order chi connectivity index (χ1) is 10.6. The van der Waals surface area contributed by atoms with Gasteiger partial charge in [-0.1, -0.05) is 12.1 Å². The van der Waals surface area contributed by atoms with Gasteiger partial charge in [-0.15, -0.1) is 0 Å². The standard InChI is InChI=1S/C18H21N3O/c1-13-6-5-7-16(14(13)2)20-18(22)17-9-8-15(12-19-17)21-10-3-4-11-21/h5-9,12H,3-4,10-11H2,1-2H3,(H,20,22). The van der Waals surface area contributed by atoms with Gasteiger partial charge in [-0.25, -0.2) is 4.98 Å². The van der Waals surface area contributed by atoms with Gasteiger partial charge >= 0.3 is 0 Å². The Morgan fingerprint density at radius 2 is 1.91 bits per heavy atom. The van der Waals surface area contributed by atoms with Crippen molar-refractivity contribution in [1.82, 2.24) is 4.98 Å². The van der Waals surface area contributed by atoms with Gasteiger partial charge in [0.2, 0.25) is 0 Å². The van der Waals surface area contributed by atoms with Crippen LogP contribution in [0.5, 0.6) is 0 Å². The largest absolute Gasteiger partial charge is 0.370 e. The average molecular weight is 295 g/mol. The zero-order valence-electron chi connectivity index (χ0n) is 13.1.